The van der Waals surface area contributed by atoms with E-state index in [1.807, 2.05) is 0 Å². The Morgan fingerprint density at radius 2 is 1.48 bits per heavy atom. The molecule has 5 aromatic rings. The summed E-state index contributed by atoms with van der Waals surface area (Å²) in [7, 11) is 0. The molecular weight excluding hydrogens is 354 g/mol. The van der Waals surface area contributed by atoms with Crippen molar-refractivity contribution in [1.82, 2.24) is 9.97 Å². The summed E-state index contributed by atoms with van der Waals surface area (Å²) in [5, 5.41) is 8.66. The lowest BCUT2D eigenvalue weighted by Gasteiger charge is -2.13. The van der Waals surface area contributed by atoms with E-state index in [-0.39, 0.29) is 5.92 Å². The van der Waals surface area contributed by atoms with Gasteiger partial charge in [0, 0.05) is 22.5 Å². The number of fused-ring (bicyclic) bond motifs is 7. The number of hydrogen-bond donors (Lipinski definition) is 2. The first kappa shape index (κ1) is 16.6. The quantitative estimate of drug-likeness (QED) is 0.330. The first-order chi connectivity index (χ1) is 14.1. The summed E-state index contributed by atoms with van der Waals surface area (Å²) in [6.45, 7) is 6.54. The molecule has 0 radical (unpaired) electrons. The van der Waals surface area contributed by atoms with Crippen LogP contribution in [-0.4, -0.2) is 16.0 Å². The molecule has 2 atom stereocenters. The average molecular weight is 377 g/mol. The van der Waals surface area contributed by atoms with Gasteiger partial charge in [0.25, 0.3) is 0 Å². The zero-order chi connectivity index (χ0) is 19.7. The number of aromatic amines is 1. The Morgan fingerprint density at radius 1 is 0.793 bits per heavy atom. The maximum absolute atomic E-state index is 5.20. The second-order valence-electron chi connectivity index (χ2n) is 8.44. The number of anilines is 1. The van der Waals surface area contributed by atoms with Crippen LogP contribution in [0.4, 0.5) is 5.69 Å². The molecule has 3 heteroatoms. The molecule has 0 saturated carbocycles. The Morgan fingerprint density at radius 3 is 2.28 bits per heavy atom. The van der Waals surface area contributed by atoms with Crippen molar-refractivity contribution in [2.24, 2.45) is 0 Å². The summed E-state index contributed by atoms with van der Waals surface area (Å²) in [5.41, 5.74) is 7.28. The van der Waals surface area contributed by atoms with Crippen molar-refractivity contribution >= 4 is 38.3 Å². The molecule has 3 nitrogen and oxygen atoms in total. The van der Waals surface area contributed by atoms with E-state index in [4.69, 9.17) is 4.98 Å². The maximum atomic E-state index is 5.20. The molecule has 0 fully saturated rings. The van der Waals surface area contributed by atoms with Gasteiger partial charge >= 0.3 is 0 Å². The summed E-state index contributed by atoms with van der Waals surface area (Å²) in [6, 6.07) is 22.3. The highest BCUT2D eigenvalue weighted by molar-refractivity contribution is 6.23. The average Bonchev–Trinajstić information content (AvgIpc) is 3.28. The fraction of sp³-hybridized carbons (Fsp3) is 0.192. The number of nitrogens with zero attached hydrogens (tertiary/aromatic N) is 1. The van der Waals surface area contributed by atoms with Crippen molar-refractivity contribution in [3.8, 4) is 0 Å². The number of hydrogen-bond acceptors (Lipinski definition) is 2. The van der Waals surface area contributed by atoms with Gasteiger partial charge in [0.2, 0.25) is 0 Å². The van der Waals surface area contributed by atoms with Crippen LogP contribution < -0.4 is 5.32 Å². The standard InChI is InChI=1S/C26H23N3/c1-14-8-10-17-18-11-9-15(2)13-21(18)25-24(20(17)12-14)28-26(29-25)23-16(3)27-22-7-5-4-6-19(22)23/h4-13,16,23,27H,1-3H3,(H,28,29). The molecule has 0 aliphatic carbocycles. The van der Waals surface area contributed by atoms with E-state index in [1.165, 1.54) is 43.9 Å². The normalized spacial score (nSPS) is 18.4. The lowest BCUT2D eigenvalue weighted by molar-refractivity contribution is 0.692. The minimum atomic E-state index is 0.221. The molecule has 1 aromatic heterocycles. The van der Waals surface area contributed by atoms with E-state index >= 15 is 0 Å². The van der Waals surface area contributed by atoms with Crippen molar-refractivity contribution in [2.75, 3.05) is 5.32 Å². The van der Waals surface area contributed by atoms with E-state index in [9.17, 15) is 0 Å². The Bertz CT molecular complexity index is 1350. The second-order valence-corrected chi connectivity index (χ2v) is 8.44. The number of aromatic nitrogens is 2. The van der Waals surface area contributed by atoms with Gasteiger partial charge in [0.15, 0.2) is 0 Å². The van der Waals surface area contributed by atoms with Crippen LogP contribution in [0.3, 0.4) is 0 Å². The lowest BCUT2D eigenvalue weighted by Crippen LogP contribution is -2.17. The first-order valence-electron chi connectivity index (χ1n) is 10.3. The van der Waals surface area contributed by atoms with Gasteiger partial charge in [-0.05, 0) is 55.3 Å². The Labute approximate surface area is 169 Å². The molecule has 2 unspecified atom stereocenters. The van der Waals surface area contributed by atoms with Crippen LogP contribution in [0.5, 0.6) is 0 Å². The topological polar surface area (TPSA) is 40.7 Å². The van der Waals surface area contributed by atoms with E-state index in [2.05, 4.69) is 91.7 Å². The van der Waals surface area contributed by atoms with Crippen LogP contribution in [-0.2, 0) is 0 Å². The third-order valence-electron chi connectivity index (χ3n) is 6.36. The van der Waals surface area contributed by atoms with E-state index in [0.717, 1.165) is 16.9 Å². The van der Waals surface area contributed by atoms with Crippen LogP contribution in [0, 0.1) is 13.8 Å². The predicted molar refractivity (Wildman–Crippen MR) is 122 cm³/mol. The molecule has 0 saturated heterocycles. The molecule has 0 spiro atoms. The van der Waals surface area contributed by atoms with Crippen molar-refractivity contribution in [1.29, 1.82) is 0 Å². The van der Waals surface area contributed by atoms with Crippen LogP contribution in [0.2, 0.25) is 0 Å². The second kappa shape index (κ2) is 5.84. The van der Waals surface area contributed by atoms with E-state index in [1.54, 1.807) is 0 Å². The number of nitrogens with one attached hydrogen (secondary N) is 2. The van der Waals surface area contributed by atoms with Gasteiger partial charge < -0.3 is 10.3 Å². The zero-order valence-corrected chi connectivity index (χ0v) is 16.9. The molecule has 0 amide bonds. The third-order valence-corrected chi connectivity index (χ3v) is 6.36. The van der Waals surface area contributed by atoms with E-state index in [0.29, 0.717) is 6.04 Å². The molecule has 142 valence electrons. The van der Waals surface area contributed by atoms with Gasteiger partial charge in [0.05, 0.1) is 17.0 Å². The molecule has 2 heterocycles. The monoisotopic (exact) mass is 377 g/mol. The molecule has 1 aliphatic heterocycles. The number of para-hydroxylation sites is 1. The predicted octanol–water partition coefficient (Wildman–Crippen LogP) is 6.43. The highest BCUT2D eigenvalue weighted by atomic mass is 15.0. The fourth-order valence-corrected chi connectivity index (χ4v) is 5.00. The smallest absolute Gasteiger partial charge is 0.117 e. The summed E-state index contributed by atoms with van der Waals surface area (Å²) in [5.74, 6) is 1.26. The van der Waals surface area contributed by atoms with Gasteiger partial charge in [-0.15, -0.1) is 0 Å². The van der Waals surface area contributed by atoms with Crippen molar-refractivity contribution in [2.45, 2.75) is 32.7 Å². The van der Waals surface area contributed by atoms with Crippen molar-refractivity contribution in [3.05, 3.63) is 83.2 Å². The van der Waals surface area contributed by atoms with Gasteiger partial charge in [-0.2, -0.15) is 0 Å². The summed E-state index contributed by atoms with van der Waals surface area (Å²) in [4.78, 5) is 8.94. The van der Waals surface area contributed by atoms with E-state index < -0.39 is 0 Å². The van der Waals surface area contributed by atoms with Crippen LogP contribution in [0.1, 0.15) is 35.4 Å². The maximum Gasteiger partial charge on any atom is 0.117 e. The molecule has 2 N–H and O–H groups in total. The van der Waals surface area contributed by atoms with Gasteiger partial charge in [0.1, 0.15) is 5.82 Å². The first-order valence-corrected chi connectivity index (χ1v) is 10.3. The summed E-state index contributed by atoms with van der Waals surface area (Å²) >= 11 is 0. The molecule has 4 aromatic carbocycles. The SMILES string of the molecule is Cc1ccc2c3ccc(C)cc3c3[nH]c(C4c5ccccc5NC4C)nc3c2c1. The molecular formula is C26H23N3. The van der Waals surface area contributed by atoms with Gasteiger partial charge in [-0.3, -0.25) is 0 Å². The lowest BCUT2D eigenvalue weighted by atomic mass is 9.95. The molecule has 0 bridgehead atoms. The number of H-pyrrole nitrogens is 1. The van der Waals surface area contributed by atoms with Gasteiger partial charge in [-0.25, -0.2) is 4.98 Å². The van der Waals surface area contributed by atoms with Crippen molar-refractivity contribution < 1.29 is 0 Å². The Kier molecular flexibility index (Phi) is 3.34. The number of aryl methyl sites for hydroxylation is 2. The summed E-state index contributed by atoms with van der Waals surface area (Å²) < 4.78 is 0. The largest absolute Gasteiger partial charge is 0.381 e. The van der Waals surface area contributed by atoms with Crippen LogP contribution in [0.15, 0.2) is 60.7 Å². The zero-order valence-electron chi connectivity index (χ0n) is 16.9. The van der Waals surface area contributed by atoms with Crippen molar-refractivity contribution in [3.63, 3.8) is 0 Å². The third kappa shape index (κ3) is 2.34. The highest BCUT2D eigenvalue weighted by Gasteiger charge is 2.32. The number of benzene rings is 4. The molecule has 1 aliphatic rings. The number of rotatable bonds is 1. The highest BCUT2D eigenvalue weighted by Crippen LogP contribution is 2.41. The fourth-order valence-electron chi connectivity index (χ4n) is 5.00. The summed E-state index contributed by atoms with van der Waals surface area (Å²) in [6.07, 6.45) is 0. The van der Waals surface area contributed by atoms with Crippen LogP contribution >= 0.6 is 0 Å². The van der Waals surface area contributed by atoms with Gasteiger partial charge in [-0.1, -0.05) is 53.6 Å². The Balaban J connectivity index is 1.71. The minimum absolute atomic E-state index is 0.221. The number of imidazole rings is 1. The minimum Gasteiger partial charge on any atom is -0.381 e. The Hall–Kier alpha value is -3.33. The van der Waals surface area contributed by atoms with Crippen LogP contribution in [0.25, 0.3) is 32.6 Å². The molecule has 29 heavy (non-hydrogen) atoms. The molecule has 6 rings (SSSR count).